The van der Waals surface area contributed by atoms with Crippen molar-refractivity contribution in [2.24, 2.45) is 0 Å². The molecule has 0 amide bonds. The van der Waals surface area contributed by atoms with Crippen LogP contribution in [-0.4, -0.2) is 37.9 Å². The third-order valence-electron chi connectivity index (χ3n) is 3.19. The zero-order chi connectivity index (χ0) is 17.1. The second-order valence-corrected chi connectivity index (χ2v) is 4.74. The van der Waals surface area contributed by atoms with Gasteiger partial charge < -0.3 is 20.9 Å². The number of nitrogen functional groups attached to an aromatic ring is 1. The van der Waals surface area contributed by atoms with Crippen molar-refractivity contribution in [3.63, 3.8) is 0 Å². The minimum atomic E-state index is -1.05. The molecule has 2 aromatic heterocycles. The number of aromatic carboxylic acids is 1. The van der Waals surface area contributed by atoms with E-state index in [1.54, 1.807) is 30.5 Å². The zero-order valence-electron chi connectivity index (χ0n) is 12.7. The molecule has 3 rings (SSSR count). The van der Waals surface area contributed by atoms with Gasteiger partial charge in [-0.15, -0.1) is 5.10 Å². The summed E-state index contributed by atoms with van der Waals surface area (Å²) in [5, 5.41) is 16.2. The van der Waals surface area contributed by atoms with Crippen LogP contribution < -0.4 is 15.8 Å². The van der Waals surface area contributed by atoms with Crippen molar-refractivity contribution in [3.8, 4) is 11.6 Å². The van der Waals surface area contributed by atoms with E-state index in [0.29, 0.717) is 17.3 Å². The van der Waals surface area contributed by atoms with Gasteiger partial charge in [0.15, 0.2) is 5.82 Å². The first-order chi connectivity index (χ1) is 11.6. The number of pyridine rings is 1. The van der Waals surface area contributed by atoms with Gasteiger partial charge in [-0.3, -0.25) is 0 Å². The Morgan fingerprint density at radius 3 is 2.83 bits per heavy atom. The number of hydrogen-bond acceptors (Lipinski definition) is 7. The van der Waals surface area contributed by atoms with Crippen LogP contribution >= 0.6 is 0 Å². The number of nitrogens with zero attached hydrogens (tertiary/aromatic N) is 4. The summed E-state index contributed by atoms with van der Waals surface area (Å²) < 4.78 is 6.58. The summed E-state index contributed by atoms with van der Waals surface area (Å²) in [5.41, 5.74) is 6.38. The predicted molar refractivity (Wildman–Crippen MR) is 86.8 cm³/mol. The molecule has 0 spiro atoms. The number of ether oxygens (including phenoxy) is 1. The molecule has 0 saturated heterocycles. The van der Waals surface area contributed by atoms with E-state index in [-0.39, 0.29) is 17.5 Å². The molecule has 0 aliphatic heterocycles. The Hall–Kier alpha value is -3.62. The highest BCUT2D eigenvalue weighted by Gasteiger charge is 2.13. The second kappa shape index (κ2) is 6.24. The Labute approximate surface area is 136 Å². The van der Waals surface area contributed by atoms with Crippen molar-refractivity contribution in [1.29, 1.82) is 0 Å². The Balaban J connectivity index is 1.95. The third kappa shape index (κ3) is 2.95. The molecule has 0 aliphatic rings. The Morgan fingerprint density at radius 1 is 1.33 bits per heavy atom. The quantitative estimate of drug-likeness (QED) is 0.646. The summed E-state index contributed by atoms with van der Waals surface area (Å²) in [6.07, 6.45) is 1.61. The van der Waals surface area contributed by atoms with E-state index < -0.39 is 5.97 Å². The van der Waals surface area contributed by atoms with Crippen LogP contribution in [0.2, 0.25) is 0 Å². The number of carbonyl (C=O) groups is 1. The van der Waals surface area contributed by atoms with Gasteiger partial charge in [0.25, 0.3) is 0 Å². The molecule has 3 aromatic rings. The number of nitrogens with one attached hydrogen (secondary N) is 1. The molecule has 0 atom stereocenters. The summed E-state index contributed by atoms with van der Waals surface area (Å²) in [7, 11) is 1.48. The van der Waals surface area contributed by atoms with Gasteiger partial charge >= 0.3 is 5.97 Å². The summed E-state index contributed by atoms with van der Waals surface area (Å²) in [4.78, 5) is 19.4. The van der Waals surface area contributed by atoms with Crippen LogP contribution in [-0.2, 0) is 0 Å². The number of carboxylic acids is 1. The van der Waals surface area contributed by atoms with Crippen molar-refractivity contribution >= 4 is 23.6 Å². The van der Waals surface area contributed by atoms with Crippen LogP contribution in [0.5, 0.6) is 5.75 Å². The van der Waals surface area contributed by atoms with E-state index in [0.717, 1.165) is 0 Å². The Bertz CT molecular complexity index is 878. The lowest BCUT2D eigenvalue weighted by atomic mass is 10.2. The minimum Gasteiger partial charge on any atom is -0.495 e. The number of rotatable bonds is 5. The van der Waals surface area contributed by atoms with Gasteiger partial charge in [-0.05, 0) is 30.3 Å². The maximum absolute atomic E-state index is 11.1. The maximum Gasteiger partial charge on any atom is 0.335 e. The largest absolute Gasteiger partial charge is 0.495 e. The lowest BCUT2D eigenvalue weighted by molar-refractivity contribution is 0.0697. The van der Waals surface area contributed by atoms with Gasteiger partial charge in [-0.2, -0.15) is 9.67 Å². The minimum absolute atomic E-state index is 0.107. The van der Waals surface area contributed by atoms with E-state index in [1.807, 2.05) is 0 Å². The average molecular weight is 326 g/mol. The van der Waals surface area contributed by atoms with Crippen molar-refractivity contribution in [3.05, 3.63) is 48.2 Å². The summed E-state index contributed by atoms with van der Waals surface area (Å²) >= 11 is 0. The van der Waals surface area contributed by atoms with Crippen molar-refractivity contribution in [2.45, 2.75) is 0 Å². The number of aromatic nitrogens is 4. The van der Waals surface area contributed by atoms with Crippen LogP contribution in [0.25, 0.3) is 5.82 Å². The Morgan fingerprint density at radius 2 is 2.17 bits per heavy atom. The molecule has 9 nitrogen and oxygen atoms in total. The predicted octanol–water partition coefficient (Wildman–Crippen LogP) is 1.69. The summed E-state index contributed by atoms with van der Waals surface area (Å²) in [6, 6.07) is 9.73. The highest BCUT2D eigenvalue weighted by molar-refractivity contribution is 5.89. The van der Waals surface area contributed by atoms with Gasteiger partial charge in [0.2, 0.25) is 11.9 Å². The third-order valence-corrected chi connectivity index (χ3v) is 3.19. The van der Waals surface area contributed by atoms with Crippen LogP contribution in [0.3, 0.4) is 0 Å². The molecule has 0 unspecified atom stereocenters. The van der Waals surface area contributed by atoms with E-state index in [9.17, 15) is 4.79 Å². The molecule has 24 heavy (non-hydrogen) atoms. The normalized spacial score (nSPS) is 10.4. The highest BCUT2D eigenvalue weighted by Crippen LogP contribution is 2.28. The van der Waals surface area contributed by atoms with Crippen LogP contribution in [0, 0.1) is 0 Å². The van der Waals surface area contributed by atoms with Crippen LogP contribution in [0.1, 0.15) is 10.4 Å². The van der Waals surface area contributed by atoms with Gasteiger partial charge in [0.1, 0.15) is 5.75 Å². The molecule has 2 heterocycles. The zero-order valence-corrected chi connectivity index (χ0v) is 12.7. The van der Waals surface area contributed by atoms with Crippen molar-refractivity contribution < 1.29 is 14.6 Å². The van der Waals surface area contributed by atoms with Gasteiger partial charge in [0, 0.05) is 6.20 Å². The molecular weight excluding hydrogens is 312 g/mol. The first kappa shape index (κ1) is 15.3. The number of hydrogen-bond donors (Lipinski definition) is 3. The fourth-order valence-corrected chi connectivity index (χ4v) is 2.08. The molecule has 0 aliphatic carbocycles. The second-order valence-electron chi connectivity index (χ2n) is 4.74. The maximum atomic E-state index is 11.1. The van der Waals surface area contributed by atoms with Crippen LogP contribution in [0.4, 0.5) is 17.6 Å². The lowest BCUT2D eigenvalue weighted by Crippen LogP contribution is -2.04. The standard InChI is InChI=1S/C15H14N6O3/c1-24-11-6-5-9(13(22)23)8-10(11)18-15-19-14(16)21(20-15)12-4-2-3-7-17-12/h2-8H,1H3,(H,22,23)(H3,16,18,19,20). The fraction of sp³-hybridized carbons (Fsp3) is 0.0667. The number of carboxylic acid groups (broad SMARTS) is 1. The van der Waals surface area contributed by atoms with Gasteiger partial charge in [-0.1, -0.05) is 6.07 Å². The number of anilines is 3. The molecule has 0 fully saturated rings. The number of nitrogens with two attached hydrogens (primary N) is 1. The van der Waals surface area contributed by atoms with E-state index in [4.69, 9.17) is 15.6 Å². The SMILES string of the molecule is COc1ccc(C(=O)O)cc1Nc1nc(N)n(-c2ccccn2)n1. The van der Waals surface area contributed by atoms with Gasteiger partial charge in [0.05, 0.1) is 18.4 Å². The smallest absolute Gasteiger partial charge is 0.335 e. The lowest BCUT2D eigenvalue weighted by Gasteiger charge is -2.09. The van der Waals surface area contributed by atoms with Crippen molar-refractivity contribution in [1.82, 2.24) is 19.7 Å². The first-order valence-corrected chi connectivity index (χ1v) is 6.91. The van der Waals surface area contributed by atoms with Crippen molar-refractivity contribution in [2.75, 3.05) is 18.2 Å². The van der Waals surface area contributed by atoms with E-state index >= 15 is 0 Å². The molecule has 0 saturated carbocycles. The average Bonchev–Trinajstić information content (AvgIpc) is 2.96. The highest BCUT2D eigenvalue weighted by atomic mass is 16.5. The molecule has 9 heteroatoms. The topological polar surface area (TPSA) is 128 Å². The first-order valence-electron chi connectivity index (χ1n) is 6.91. The van der Waals surface area contributed by atoms with E-state index in [1.165, 1.54) is 23.9 Å². The molecule has 1 aromatic carbocycles. The summed E-state index contributed by atoms with van der Waals surface area (Å²) in [6.45, 7) is 0. The molecule has 4 N–H and O–H groups in total. The fourth-order valence-electron chi connectivity index (χ4n) is 2.08. The molecule has 0 radical (unpaired) electrons. The number of benzene rings is 1. The van der Waals surface area contributed by atoms with E-state index in [2.05, 4.69) is 20.4 Å². The van der Waals surface area contributed by atoms with Gasteiger partial charge in [-0.25, -0.2) is 9.78 Å². The summed E-state index contributed by atoms with van der Waals surface area (Å²) in [5.74, 6) is 0.255. The molecule has 122 valence electrons. The molecule has 0 bridgehead atoms. The number of methoxy groups -OCH3 is 1. The Kier molecular flexibility index (Phi) is 3.98. The van der Waals surface area contributed by atoms with Crippen LogP contribution in [0.15, 0.2) is 42.6 Å². The monoisotopic (exact) mass is 326 g/mol. The molecular formula is C15H14N6O3.